The van der Waals surface area contributed by atoms with Gasteiger partial charge in [0.25, 0.3) is 0 Å². The van der Waals surface area contributed by atoms with Crippen molar-refractivity contribution in [2.24, 2.45) is 4.99 Å². The Morgan fingerprint density at radius 2 is 2.06 bits per heavy atom. The summed E-state index contributed by atoms with van der Waals surface area (Å²) in [5.74, 6) is 1.75. The van der Waals surface area contributed by atoms with Crippen LogP contribution < -0.4 is 15.4 Å². The summed E-state index contributed by atoms with van der Waals surface area (Å²) in [6.45, 7) is 6.40. The summed E-state index contributed by atoms with van der Waals surface area (Å²) >= 11 is 0. The fraction of sp³-hybridized carbons (Fsp3) is 0.520. The van der Waals surface area contributed by atoms with Crippen LogP contribution in [0.3, 0.4) is 0 Å². The number of pyridine rings is 1. The minimum absolute atomic E-state index is 0.469. The van der Waals surface area contributed by atoms with E-state index in [4.69, 9.17) is 9.73 Å². The molecule has 1 saturated heterocycles. The molecule has 2 N–H and O–H groups in total. The van der Waals surface area contributed by atoms with Gasteiger partial charge in [-0.25, -0.2) is 4.99 Å². The third-order valence-corrected chi connectivity index (χ3v) is 6.18. The second-order valence-electron chi connectivity index (χ2n) is 8.52. The molecule has 1 unspecified atom stereocenters. The van der Waals surface area contributed by atoms with Crippen molar-refractivity contribution in [1.29, 1.82) is 0 Å². The first-order chi connectivity index (χ1) is 15.3. The Labute approximate surface area is 186 Å². The number of rotatable bonds is 8. The summed E-state index contributed by atoms with van der Waals surface area (Å²) in [6, 6.07) is 15.3. The van der Waals surface area contributed by atoms with Gasteiger partial charge in [0.05, 0.1) is 12.2 Å². The zero-order valence-electron chi connectivity index (χ0n) is 18.6. The summed E-state index contributed by atoms with van der Waals surface area (Å²) in [5.41, 5.74) is 2.06. The van der Waals surface area contributed by atoms with Crippen molar-refractivity contribution in [2.75, 3.05) is 19.6 Å². The molecule has 1 aliphatic carbocycles. The quantitative estimate of drug-likeness (QED) is 0.502. The van der Waals surface area contributed by atoms with Crippen molar-refractivity contribution in [1.82, 2.24) is 20.5 Å². The largest absolute Gasteiger partial charge is 0.487 e. The van der Waals surface area contributed by atoms with Crippen molar-refractivity contribution in [2.45, 2.75) is 64.3 Å². The Kier molecular flexibility index (Phi) is 7.77. The third kappa shape index (κ3) is 6.44. The third-order valence-electron chi connectivity index (χ3n) is 6.18. The van der Waals surface area contributed by atoms with Gasteiger partial charge >= 0.3 is 0 Å². The molecule has 2 fully saturated rings. The van der Waals surface area contributed by atoms with E-state index in [0.29, 0.717) is 19.2 Å². The second kappa shape index (κ2) is 11.1. The summed E-state index contributed by atoms with van der Waals surface area (Å²) in [7, 11) is 0. The van der Waals surface area contributed by atoms with Crippen LogP contribution in [-0.4, -0.2) is 47.6 Å². The van der Waals surface area contributed by atoms with Gasteiger partial charge in [-0.1, -0.05) is 31.0 Å². The Balaban J connectivity index is 1.30. The molecule has 0 amide bonds. The summed E-state index contributed by atoms with van der Waals surface area (Å²) < 4.78 is 5.91. The highest BCUT2D eigenvalue weighted by molar-refractivity contribution is 5.80. The van der Waals surface area contributed by atoms with Gasteiger partial charge in [0.2, 0.25) is 0 Å². The number of benzene rings is 1. The molecule has 4 rings (SSSR count). The summed E-state index contributed by atoms with van der Waals surface area (Å²) in [5, 5.41) is 7.07. The maximum Gasteiger partial charge on any atom is 0.191 e. The Morgan fingerprint density at radius 3 is 2.87 bits per heavy atom. The van der Waals surface area contributed by atoms with E-state index in [1.54, 1.807) is 6.20 Å². The fourth-order valence-corrected chi connectivity index (χ4v) is 4.56. The lowest BCUT2D eigenvalue weighted by Gasteiger charge is -2.24. The molecule has 166 valence electrons. The van der Waals surface area contributed by atoms with Crippen LogP contribution in [0.4, 0.5) is 0 Å². The molecule has 6 heteroatoms. The molecule has 0 spiro atoms. The smallest absolute Gasteiger partial charge is 0.191 e. The van der Waals surface area contributed by atoms with Gasteiger partial charge in [-0.3, -0.25) is 9.88 Å². The first-order valence-corrected chi connectivity index (χ1v) is 11.7. The molecule has 1 aliphatic heterocycles. The molecule has 6 nitrogen and oxygen atoms in total. The zero-order valence-corrected chi connectivity index (χ0v) is 18.6. The van der Waals surface area contributed by atoms with Crippen LogP contribution in [0, 0.1) is 0 Å². The highest BCUT2D eigenvalue weighted by atomic mass is 16.5. The molecule has 1 saturated carbocycles. The topological polar surface area (TPSA) is 61.8 Å². The Hall–Kier alpha value is -2.60. The molecule has 2 aliphatic rings. The lowest BCUT2D eigenvalue weighted by molar-refractivity contribution is 0.242. The van der Waals surface area contributed by atoms with E-state index >= 15 is 0 Å². The number of aromatic nitrogens is 1. The molecular weight excluding hydrogens is 386 g/mol. The van der Waals surface area contributed by atoms with Gasteiger partial charge in [0.15, 0.2) is 5.96 Å². The second-order valence-corrected chi connectivity index (χ2v) is 8.52. The lowest BCUT2D eigenvalue weighted by atomic mass is 10.2. The maximum atomic E-state index is 5.91. The summed E-state index contributed by atoms with van der Waals surface area (Å²) in [6.07, 6.45) is 8.52. The molecule has 1 aromatic carbocycles. The number of guanidine groups is 1. The molecule has 2 heterocycles. The predicted octanol–water partition coefficient (Wildman–Crippen LogP) is 3.73. The zero-order chi connectivity index (χ0) is 21.3. The van der Waals surface area contributed by atoms with E-state index in [0.717, 1.165) is 42.1 Å². The van der Waals surface area contributed by atoms with E-state index < -0.39 is 0 Å². The van der Waals surface area contributed by atoms with Gasteiger partial charge in [-0.2, -0.15) is 0 Å². The summed E-state index contributed by atoms with van der Waals surface area (Å²) in [4.78, 5) is 11.8. The molecular formula is C25H35N5O. The standard InChI is InChI=1S/C25H35N5O/c1-2-26-25(29-21-13-15-30(18-21)23-10-3-4-11-23)28-17-20-8-7-12-24(16-20)31-19-22-9-5-6-14-27-22/h5-9,12,14,16,21,23H,2-4,10-11,13,15,17-19H2,1H3,(H2,26,28,29). The van der Waals surface area contributed by atoms with Crippen molar-refractivity contribution >= 4 is 5.96 Å². The minimum Gasteiger partial charge on any atom is -0.487 e. The van der Waals surface area contributed by atoms with E-state index in [-0.39, 0.29) is 0 Å². The van der Waals surface area contributed by atoms with Crippen molar-refractivity contribution in [3.8, 4) is 5.75 Å². The molecule has 0 radical (unpaired) electrons. The average molecular weight is 422 g/mol. The highest BCUT2D eigenvalue weighted by Crippen LogP contribution is 2.26. The van der Waals surface area contributed by atoms with Gasteiger partial charge in [-0.15, -0.1) is 0 Å². The molecule has 31 heavy (non-hydrogen) atoms. The first-order valence-electron chi connectivity index (χ1n) is 11.7. The molecule has 1 atom stereocenters. The number of hydrogen-bond donors (Lipinski definition) is 2. The van der Waals surface area contributed by atoms with Crippen molar-refractivity contribution in [3.05, 3.63) is 59.9 Å². The minimum atomic E-state index is 0.469. The van der Waals surface area contributed by atoms with E-state index in [9.17, 15) is 0 Å². The van der Waals surface area contributed by atoms with Crippen LogP contribution in [0.5, 0.6) is 5.75 Å². The monoisotopic (exact) mass is 421 g/mol. The lowest BCUT2D eigenvalue weighted by Crippen LogP contribution is -2.45. The van der Waals surface area contributed by atoms with E-state index in [1.807, 2.05) is 30.3 Å². The van der Waals surface area contributed by atoms with E-state index in [1.165, 1.54) is 38.6 Å². The van der Waals surface area contributed by atoms with Crippen LogP contribution in [0.2, 0.25) is 0 Å². The highest BCUT2D eigenvalue weighted by Gasteiger charge is 2.30. The van der Waals surface area contributed by atoms with Crippen LogP contribution in [0.25, 0.3) is 0 Å². The number of nitrogens with zero attached hydrogens (tertiary/aromatic N) is 3. The Bertz CT molecular complexity index is 835. The van der Waals surface area contributed by atoms with Gasteiger partial charge < -0.3 is 15.4 Å². The van der Waals surface area contributed by atoms with Gasteiger partial charge in [-0.05, 0) is 56.0 Å². The maximum absolute atomic E-state index is 5.91. The van der Waals surface area contributed by atoms with Gasteiger partial charge in [0, 0.05) is 37.9 Å². The van der Waals surface area contributed by atoms with Crippen LogP contribution >= 0.6 is 0 Å². The fourth-order valence-electron chi connectivity index (χ4n) is 4.56. The predicted molar refractivity (Wildman–Crippen MR) is 125 cm³/mol. The van der Waals surface area contributed by atoms with Gasteiger partial charge in [0.1, 0.15) is 12.4 Å². The van der Waals surface area contributed by atoms with Crippen LogP contribution in [0.1, 0.15) is 50.3 Å². The van der Waals surface area contributed by atoms with Crippen LogP contribution in [-0.2, 0) is 13.2 Å². The molecule has 2 aromatic rings. The number of nitrogens with one attached hydrogen (secondary N) is 2. The number of likely N-dealkylation sites (tertiary alicyclic amines) is 1. The SMILES string of the molecule is CCNC(=NCc1cccc(OCc2ccccn2)c1)NC1CCN(C2CCCC2)C1. The average Bonchev–Trinajstić information content (AvgIpc) is 3.49. The normalized spacial score (nSPS) is 20.2. The number of aliphatic imine (C=N–C) groups is 1. The van der Waals surface area contributed by atoms with E-state index in [2.05, 4.69) is 39.6 Å². The number of ether oxygens (including phenoxy) is 1. The Morgan fingerprint density at radius 1 is 1.16 bits per heavy atom. The van der Waals surface area contributed by atoms with Crippen molar-refractivity contribution < 1.29 is 4.74 Å². The van der Waals surface area contributed by atoms with Crippen LogP contribution in [0.15, 0.2) is 53.7 Å². The number of hydrogen-bond acceptors (Lipinski definition) is 4. The molecule has 0 bridgehead atoms. The first kappa shape index (κ1) is 21.6. The molecule has 1 aromatic heterocycles. The van der Waals surface area contributed by atoms with Crippen molar-refractivity contribution in [3.63, 3.8) is 0 Å².